The summed E-state index contributed by atoms with van der Waals surface area (Å²) in [7, 11) is -1.45. The summed E-state index contributed by atoms with van der Waals surface area (Å²) in [6.07, 6.45) is 5.89. The number of hydrogen-bond donors (Lipinski definition) is 2. The number of sulfone groups is 1. The van der Waals surface area contributed by atoms with Gasteiger partial charge >= 0.3 is 0 Å². The summed E-state index contributed by atoms with van der Waals surface area (Å²) in [6.45, 7) is 6.67. The molecule has 0 unspecified atom stereocenters. The fourth-order valence-electron chi connectivity index (χ4n) is 2.77. The van der Waals surface area contributed by atoms with Crippen LogP contribution in [0.25, 0.3) is 0 Å². The number of aliphatic imine (C=N–C) groups is 1. The predicted octanol–water partition coefficient (Wildman–Crippen LogP) is 1.57. The second-order valence-corrected chi connectivity index (χ2v) is 9.22. The molecule has 136 valence electrons. The third kappa shape index (κ3) is 6.67. The van der Waals surface area contributed by atoms with Gasteiger partial charge in [-0.3, -0.25) is 4.99 Å². The molecule has 23 heavy (non-hydrogen) atoms. The van der Waals surface area contributed by atoms with Crippen molar-refractivity contribution in [3.05, 3.63) is 0 Å². The maximum atomic E-state index is 12.2. The van der Waals surface area contributed by atoms with E-state index in [1.165, 1.54) is 19.1 Å². The summed E-state index contributed by atoms with van der Waals surface area (Å²) in [5.41, 5.74) is 0. The average molecular weight is 348 g/mol. The minimum absolute atomic E-state index is 0.376. The molecule has 0 aliphatic carbocycles. The first-order chi connectivity index (χ1) is 10.8. The summed E-state index contributed by atoms with van der Waals surface area (Å²) < 4.78 is 29.0. The summed E-state index contributed by atoms with van der Waals surface area (Å²) in [5, 5.41) is 6.45. The fourth-order valence-corrected chi connectivity index (χ4v) is 4.01. The molecule has 2 N–H and O–H groups in total. The van der Waals surface area contributed by atoms with E-state index < -0.39 is 14.6 Å². The lowest BCUT2D eigenvalue weighted by Crippen LogP contribution is -2.53. The van der Waals surface area contributed by atoms with Crippen molar-refractivity contribution < 1.29 is 13.2 Å². The number of nitrogens with one attached hydrogen (secondary N) is 2. The van der Waals surface area contributed by atoms with Crippen molar-refractivity contribution in [3.63, 3.8) is 0 Å². The van der Waals surface area contributed by atoms with E-state index in [9.17, 15) is 8.42 Å². The molecule has 0 spiro atoms. The first-order valence-electron chi connectivity index (χ1n) is 8.52. The Morgan fingerprint density at radius 3 is 2.39 bits per heavy atom. The maximum absolute atomic E-state index is 12.2. The van der Waals surface area contributed by atoms with Gasteiger partial charge in [0.05, 0.1) is 4.75 Å². The lowest BCUT2D eigenvalue weighted by atomic mass is 9.99. The molecule has 1 aliphatic heterocycles. The zero-order valence-electron chi connectivity index (χ0n) is 15.0. The van der Waals surface area contributed by atoms with E-state index in [0.717, 1.165) is 18.9 Å². The van der Waals surface area contributed by atoms with Crippen molar-refractivity contribution in [2.24, 2.45) is 10.9 Å². The quantitative estimate of drug-likeness (QED) is 0.396. The maximum Gasteiger partial charge on any atom is 0.191 e. The van der Waals surface area contributed by atoms with E-state index in [0.29, 0.717) is 38.6 Å². The largest absolute Gasteiger partial charge is 0.381 e. The average Bonchev–Trinajstić information content (AvgIpc) is 2.49. The lowest BCUT2D eigenvalue weighted by molar-refractivity contribution is 0.0756. The Hall–Kier alpha value is -0.820. The van der Waals surface area contributed by atoms with E-state index in [1.54, 1.807) is 7.05 Å². The molecule has 0 radical (unpaired) electrons. The number of ether oxygens (including phenoxy) is 1. The van der Waals surface area contributed by atoms with Gasteiger partial charge in [0, 0.05) is 39.6 Å². The topological polar surface area (TPSA) is 79.8 Å². The van der Waals surface area contributed by atoms with Crippen LogP contribution in [0.2, 0.25) is 0 Å². The standard InChI is InChI=1S/C16H33N3O3S/c1-14(2)7-5-6-10-18-15(17-3)19-13-16(23(4,20)21)8-11-22-12-9-16/h14H,5-13H2,1-4H3,(H2,17,18,19). The van der Waals surface area contributed by atoms with Gasteiger partial charge in [0.2, 0.25) is 0 Å². The summed E-state index contributed by atoms with van der Waals surface area (Å²) in [6, 6.07) is 0. The molecule has 0 aromatic rings. The SMILES string of the molecule is CN=C(NCCCCC(C)C)NCC1(S(C)(=O)=O)CCOCC1. The zero-order valence-corrected chi connectivity index (χ0v) is 15.8. The molecule has 0 atom stereocenters. The first-order valence-corrected chi connectivity index (χ1v) is 10.4. The van der Waals surface area contributed by atoms with Crippen LogP contribution in [0, 0.1) is 5.92 Å². The van der Waals surface area contributed by atoms with Crippen LogP contribution < -0.4 is 10.6 Å². The molecule has 0 aromatic heterocycles. The Bertz CT molecular complexity index is 469. The van der Waals surface area contributed by atoms with Crippen LogP contribution in [0.15, 0.2) is 4.99 Å². The molecule has 1 heterocycles. The molecule has 1 aliphatic rings. The highest BCUT2D eigenvalue weighted by Crippen LogP contribution is 2.28. The third-order valence-corrected chi connectivity index (χ3v) is 6.62. The van der Waals surface area contributed by atoms with E-state index in [1.807, 2.05) is 0 Å². The highest BCUT2D eigenvalue weighted by atomic mass is 32.2. The normalized spacial score (nSPS) is 18.9. The van der Waals surface area contributed by atoms with Crippen LogP contribution in [-0.2, 0) is 14.6 Å². The molecule has 6 nitrogen and oxygen atoms in total. The first kappa shape index (κ1) is 20.2. The Balaban J connectivity index is 2.45. The number of hydrogen-bond acceptors (Lipinski definition) is 4. The second-order valence-electron chi connectivity index (χ2n) is 6.81. The van der Waals surface area contributed by atoms with Crippen molar-refractivity contribution in [1.82, 2.24) is 10.6 Å². The van der Waals surface area contributed by atoms with Crippen LogP contribution in [0.1, 0.15) is 46.0 Å². The van der Waals surface area contributed by atoms with Gasteiger partial charge in [0.25, 0.3) is 0 Å². The molecular weight excluding hydrogens is 314 g/mol. The van der Waals surface area contributed by atoms with Gasteiger partial charge in [-0.05, 0) is 25.2 Å². The molecule has 1 saturated heterocycles. The van der Waals surface area contributed by atoms with Crippen LogP contribution in [0.3, 0.4) is 0 Å². The summed E-state index contributed by atoms with van der Waals surface area (Å²) in [5.74, 6) is 1.40. The van der Waals surface area contributed by atoms with Crippen molar-refractivity contribution in [1.29, 1.82) is 0 Å². The van der Waals surface area contributed by atoms with Gasteiger partial charge in [-0.2, -0.15) is 0 Å². The van der Waals surface area contributed by atoms with E-state index in [4.69, 9.17) is 4.74 Å². The molecule has 0 bridgehead atoms. The molecular formula is C16H33N3O3S. The van der Waals surface area contributed by atoms with Gasteiger partial charge in [-0.1, -0.05) is 26.7 Å². The van der Waals surface area contributed by atoms with Gasteiger partial charge in [-0.15, -0.1) is 0 Å². The highest BCUT2D eigenvalue weighted by molar-refractivity contribution is 7.92. The Morgan fingerprint density at radius 2 is 1.87 bits per heavy atom. The lowest BCUT2D eigenvalue weighted by Gasteiger charge is -2.35. The molecule has 1 rings (SSSR count). The van der Waals surface area contributed by atoms with E-state index in [-0.39, 0.29) is 0 Å². The summed E-state index contributed by atoms with van der Waals surface area (Å²) >= 11 is 0. The van der Waals surface area contributed by atoms with Crippen molar-refractivity contribution in [2.45, 2.75) is 50.7 Å². The minimum Gasteiger partial charge on any atom is -0.381 e. The highest BCUT2D eigenvalue weighted by Gasteiger charge is 2.42. The van der Waals surface area contributed by atoms with Crippen LogP contribution in [0.5, 0.6) is 0 Å². The van der Waals surface area contributed by atoms with Gasteiger partial charge < -0.3 is 15.4 Å². The van der Waals surface area contributed by atoms with Crippen molar-refractivity contribution >= 4 is 15.8 Å². The Kier molecular flexibility index (Phi) is 8.33. The third-order valence-electron chi connectivity index (χ3n) is 4.49. The van der Waals surface area contributed by atoms with Crippen molar-refractivity contribution in [3.8, 4) is 0 Å². The van der Waals surface area contributed by atoms with E-state index in [2.05, 4.69) is 29.5 Å². The predicted molar refractivity (Wildman–Crippen MR) is 95.7 cm³/mol. The Morgan fingerprint density at radius 1 is 1.22 bits per heavy atom. The smallest absolute Gasteiger partial charge is 0.191 e. The molecule has 0 saturated carbocycles. The molecule has 1 fully saturated rings. The monoisotopic (exact) mass is 347 g/mol. The second kappa shape index (κ2) is 9.47. The molecule has 7 heteroatoms. The van der Waals surface area contributed by atoms with Crippen LogP contribution in [0.4, 0.5) is 0 Å². The van der Waals surface area contributed by atoms with Gasteiger partial charge in [-0.25, -0.2) is 8.42 Å². The van der Waals surface area contributed by atoms with Crippen LogP contribution >= 0.6 is 0 Å². The number of nitrogens with zero attached hydrogens (tertiary/aromatic N) is 1. The summed E-state index contributed by atoms with van der Waals surface area (Å²) in [4.78, 5) is 4.19. The van der Waals surface area contributed by atoms with Crippen molar-refractivity contribution in [2.75, 3.05) is 39.6 Å². The number of rotatable bonds is 8. The number of unbranched alkanes of at least 4 members (excludes halogenated alkanes) is 1. The van der Waals surface area contributed by atoms with Crippen LogP contribution in [-0.4, -0.2) is 58.7 Å². The Labute approximate surface area is 141 Å². The van der Waals surface area contributed by atoms with Gasteiger partial charge in [0.1, 0.15) is 0 Å². The minimum atomic E-state index is -3.16. The van der Waals surface area contributed by atoms with E-state index >= 15 is 0 Å². The molecule has 0 amide bonds. The number of guanidine groups is 1. The molecule has 0 aromatic carbocycles. The fraction of sp³-hybridized carbons (Fsp3) is 0.938. The zero-order chi connectivity index (χ0) is 17.3. The van der Waals surface area contributed by atoms with Gasteiger partial charge in [0.15, 0.2) is 15.8 Å².